The average Bonchev–Trinajstić information content (AvgIpc) is 3.60. The van der Waals surface area contributed by atoms with Gasteiger partial charge >= 0.3 is 5.97 Å². The second kappa shape index (κ2) is 11.9. The molecule has 3 aromatic carbocycles. The van der Waals surface area contributed by atoms with Gasteiger partial charge in [-0.3, -0.25) is 4.79 Å². The first kappa shape index (κ1) is 28.6. The molecule has 41 heavy (non-hydrogen) atoms. The summed E-state index contributed by atoms with van der Waals surface area (Å²) in [6.07, 6.45) is 6.39. The summed E-state index contributed by atoms with van der Waals surface area (Å²) in [4.78, 5) is 29.0. The standard InChI is InChI=1S/C33H33BF2N2O3/c1-37(2)26-10-7-22(8-11-26)23-9-12-28(30(36)18-23)32(34)38(33(40)29-17-20-4-6-24(29)14-20)27-16-21(15-25(35)19-27)5-13-31(39)41-3/h5,7-13,15-16,18-20,24,29,32H,4,6,14,17H2,1-3H3/b13-5+. The monoisotopic (exact) mass is 554 g/mol. The van der Waals surface area contributed by atoms with Gasteiger partial charge in [0, 0.05) is 49.0 Å². The van der Waals surface area contributed by atoms with Crippen LogP contribution >= 0.6 is 0 Å². The van der Waals surface area contributed by atoms with Crippen molar-refractivity contribution >= 4 is 37.2 Å². The summed E-state index contributed by atoms with van der Waals surface area (Å²) >= 11 is 0. The zero-order valence-corrected chi connectivity index (χ0v) is 23.5. The number of amides is 1. The topological polar surface area (TPSA) is 49.9 Å². The van der Waals surface area contributed by atoms with Crippen molar-refractivity contribution in [3.8, 4) is 11.1 Å². The maximum Gasteiger partial charge on any atom is 0.330 e. The second-order valence-corrected chi connectivity index (χ2v) is 11.2. The molecule has 2 saturated carbocycles. The molecule has 2 radical (unpaired) electrons. The Labute approximate surface area is 241 Å². The van der Waals surface area contributed by atoms with Gasteiger partial charge in [-0.25, -0.2) is 13.6 Å². The molecule has 0 saturated heterocycles. The molecule has 3 aromatic rings. The highest BCUT2D eigenvalue weighted by Gasteiger charge is 2.45. The van der Waals surface area contributed by atoms with Gasteiger partial charge in [-0.15, -0.1) is 0 Å². The van der Waals surface area contributed by atoms with Crippen LogP contribution in [0.25, 0.3) is 17.2 Å². The quantitative estimate of drug-likeness (QED) is 0.181. The maximum atomic E-state index is 15.7. The zero-order chi connectivity index (χ0) is 29.3. The van der Waals surface area contributed by atoms with E-state index < -0.39 is 23.5 Å². The van der Waals surface area contributed by atoms with E-state index in [0.29, 0.717) is 17.0 Å². The number of hydrogen-bond acceptors (Lipinski definition) is 4. The van der Waals surface area contributed by atoms with E-state index >= 15 is 4.39 Å². The van der Waals surface area contributed by atoms with Gasteiger partial charge in [0.15, 0.2) is 0 Å². The van der Waals surface area contributed by atoms with Gasteiger partial charge in [0.2, 0.25) is 5.91 Å². The Bertz CT molecular complexity index is 1470. The SMILES string of the molecule is [B]C(c1ccc(-c2ccc(N(C)C)cc2)cc1F)N(C(=O)C1CC2CCC1C2)c1cc(F)cc(/C=C/C(=O)OC)c1. The summed E-state index contributed by atoms with van der Waals surface area (Å²) in [5, 5.41) is 0. The Morgan fingerprint density at radius 2 is 1.68 bits per heavy atom. The smallest absolute Gasteiger partial charge is 0.330 e. The van der Waals surface area contributed by atoms with Crippen LogP contribution in [0.5, 0.6) is 0 Å². The van der Waals surface area contributed by atoms with Crippen LogP contribution in [0.15, 0.2) is 66.7 Å². The average molecular weight is 554 g/mol. The molecule has 2 fully saturated rings. The highest BCUT2D eigenvalue weighted by molar-refractivity contribution is 6.18. The van der Waals surface area contributed by atoms with E-state index in [0.717, 1.165) is 36.9 Å². The number of halogens is 2. The van der Waals surface area contributed by atoms with Crippen LogP contribution in [0, 0.1) is 29.4 Å². The molecule has 0 spiro atoms. The van der Waals surface area contributed by atoms with Crippen LogP contribution in [0.2, 0.25) is 0 Å². The molecular weight excluding hydrogens is 521 g/mol. The Hall–Kier alpha value is -3.94. The van der Waals surface area contributed by atoms with Crippen LogP contribution in [0.3, 0.4) is 0 Å². The molecule has 8 heteroatoms. The number of carbonyl (C=O) groups is 2. The third-order valence-corrected chi connectivity index (χ3v) is 8.40. The second-order valence-electron chi connectivity index (χ2n) is 11.2. The van der Waals surface area contributed by atoms with E-state index in [9.17, 15) is 14.0 Å². The number of nitrogens with zero attached hydrogens (tertiary/aromatic N) is 2. The number of anilines is 2. The van der Waals surface area contributed by atoms with Crippen molar-refractivity contribution in [1.29, 1.82) is 0 Å². The van der Waals surface area contributed by atoms with Gasteiger partial charge in [-0.2, -0.15) is 0 Å². The lowest BCUT2D eigenvalue weighted by Crippen LogP contribution is -2.41. The number of benzene rings is 3. The Balaban J connectivity index is 1.51. The molecule has 2 aliphatic carbocycles. The molecule has 5 nitrogen and oxygen atoms in total. The van der Waals surface area contributed by atoms with E-state index in [1.165, 1.54) is 42.4 Å². The van der Waals surface area contributed by atoms with E-state index in [4.69, 9.17) is 7.85 Å². The number of carbonyl (C=O) groups excluding carboxylic acids is 2. The van der Waals surface area contributed by atoms with Gasteiger partial charge in [0.1, 0.15) is 19.5 Å². The summed E-state index contributed by atoms with van der Waals surface area (Å²) < 4.78 is 35.2. The van der Waals surface area contributed by atoms with Crippen molar-refractivity contribution in [2.75, 3.05) is 31.0 Å². The van der Waals surface area contributed by atoms with Gasteiger partial charge in [-0.05, 0) is 90.3 Å². The first-order chi connectivity index (χ1) is 19.6. The normalized spacial score (nSPS) is 20.3. The number of esters is 1. The summed E-state index contributed by atoms with van der Waals surface area (Å²) in [5.74, 6) is -2.70. The molecule has 0 N–H and O–H groups in total. The Morgan fingerprint density at radius 3 is 2.29 bits per heavy atom. The predicted molar refractivity (Wildman–Crippen MR) is 159 cm³/mol. The third kappa shape index (κ3) is 6.07. The molecule has 0 aliphatic heterocycles. The van der Waals surface area contributed by atoms with E-state index in [-0.39, 0.29) is 29.0 Å². The Morgan fingerprint density at radius 1 is 0.951 bits per heavy atom. The van der Waals surface area contributed by atoms with Gasteiger partial charge in [0.25, 0.3) is 0 Å². The fourth-order valence-electron chi connectivity index (χ4n) is 6.25. The van der Waals surface area contributed by atoms with Crippen molar-refractivity contribution in [1.82, 2.24) is 0 Å². The largest absolute Gasteiger partial charge is 0.466 e. The summed E-state index contributed by atoms with van der Waals surface area (Å²) in [6, 6.07) is 16.6. The van der Waals surface area contributed by atoms with Crippen LogP contribution < -0.4 is 9.80 Å². The molecule has 0 aromatic heterocycles. The van der Waals surface area contributed by atoms with Gasteiger partial charge < -0.3 is 14.5 Å². The number of fused-ring (bicyclic) bond motifs is 2. The lowest BCUT2D eigenvalue weighted by molar-refractivity contribution is -0.134. The predicted octanol–water partition coefficient (Wildman–Crippen LogP) is 6.52. The molecule has 2 aliphatic rings. The fourth-order valence-corrected chi connectivity index (χ4v) is 6.25. The van der Waals surface area contributed by atoms with Gasteiger partial charge in [0.05, 0.1) is 7.11 Å². The van der Waals surface area contributed by atoms with Crippen LogP contribution in [0.4, 0.5) is 20.2 Å². The summed E-state index contributed by atoms with van der Waals surface area (Å²) in [6.45, 7) is 0. The molecule has 4 atom stereocenters. The molecule has 210 valence electrons. The number of rotatable bonds is 8. The van der Waals surface area contributed by atoms with Gasteiger partial charge in [-0.1, -0.05) is 30.7 Å². The first-order valence-corrected chi connectivity index (χ1v) is 13.9. The summed E-state index contributed by atoms with van der Waals surface area (Å²) in [5.41, 5.74) is 3.23. The number of ether oxygens (including phenoxy) is 1. The molecule has 2 bridgehead atoms. The fraction of sp³-hybridized carbons (Fsp3) is 0.333. The lowest BCUT2D eigenvalue weighted by Gasteiger charge is -2.35. The van der Waals surface area contributed by atoms with E-state index in [2.05, 4.69) is 4.74 Å². The minimum atomic E-state index is -1.19. The molecular formula is C33H33BF2N2O3. The molecule has 5 rings (SSSR count). The highest BCUT2D eigenvalue weighted by atomic mass is 19.1. The number of methoxy groups -OCH3 is 1. The van der Waals surface area contributed by atoms with E-state index in [1.54, 1.807) is 18.2 Å². The van der Waals surface area contributed by atoms with Crippen LogP contribution in [-0.2, 0) is 14.3 Å². The molecule has 4 unspecified atom stereocenters. The Kier molecular flexibility index (Phi) is 8.29. The minimum Gasteiger partial charge on any atom is -0.466 e. The zero-order valence-electron chi connectivity index (χ0n) is 23.5. The highest BCUT2D eigenvalue weighted by Crippen LogP contribution is 2.50. The summed E-state index contributed by atoms with van der Waals surface area (Å²) in [7, 11) is 11.8. The van der Waals surface area contributed by atoms with Crippen molar-refractivity contribution in [3.05, 3.63) is 89.5 Å². The lowest BCUT2D eigenvalue weighted by atomic mass is 9.82. The van der Waals surface area contributed by atoms with Crippen LogP contribution in [-0.4, -0.2) is 40.9 Å². The minimum absolute atomic E-state index is 0.131. The van der Waals surface area contributed by atoms with Crippen LogP contribution in [0.1, 0.15) is 42.8 Å². The van der Waals surface area contributed by atoms with Crippen molar-refractivity contribution in [2.45, 2.75) is 31.6 Å². The maximum absolute atomic E-state index is 15.7. The molecule has 1 amide bonds. The molecule has 0 heterocycles. The van der Waals surface area contributed by atoms with Crippen molar-refractivity contribution in [3.63, 3.8) is 0 Å². The van der Waals surface area contributed by atoms with Crippen molar-refractivity contribution < 1.29 is 23.1 Å². The van der Waals surface area contributed by atoms with Crippen molar-refractivity contribution in [2.24, 2.45) is 17.8 Å². The first-order valence-electron chi connectivity index (χ1n) is 13.9. The number of hydrogen-bond donors (Lipinski definition) is 0. The third-order valence-electron chi connectivity index (χ3n) is 8.40. The van der Waals surface area contributed by atoms with E-state index in [1.807, 2.05) is 43.3 Å².